The van der Waals surface area contributed by atoms with E-state index in [1.807, 2.05) is 30.3 Å². The van der Waals surface area contributed by atoms with Crippen molar-refractivity contribution in [2.24, 2.45) is 0 Å². The van der Waals surface area contributed by atoms with Crippen molar-refractivity contribution in [2.75, 3.05) is 19.7 Å². The average Bonchev–Trinajstić information content (AvgIpc) is 2.78. The predicted octanol–water partition coefficient (Wildman–Crippen LogP) is 3.08. The van der Waals surface area contributed by atoms with Crippen LogP contribution in [0.15, 0.2) is 42.5 Å². The molecule has 2 aliphatic heterocycles. The highest BCUT2D eigenvalue weighted by Crippen LogP contribution is 2.42. The van der Waals surface area contributed by atoms with E-state index in [9.17, 15) is 19.8 Å². The summed E-state index contributed by atoms with van der Waals surface area (Å²) in [5, 5.41) is 19.1. The van der Waals surface area contributed by atoms with Crippen molar-refractivity contribution < 1.29 is 29.3 Å². The summed E-state index contributed by atoms with van der Waals surface area (Å²) in [4.78, 5) is 25.7. The largest absolute Gasteiger partial charge is 0.478 e. The van der Waals surface area contributed by atoms with E-state index in [1.54, 1.807) is 17.0 Å². The number of aliphatic hydroxyl groups excluding tert-OH is 1. The van der Waals surface area contributed by atoms with Gasteiger partial charge in [-0.15, -0.1) is 0 Å². The SMILES string of the molecule is O=C(O)c1cc2c(cc1CO)C1(CCN(C(=O)OCc3ccccc3)CC1)OCC2. The molecule has 2 aromatic carbocycles. The number of piperidine rings is 1. The molecule has 1 saturated heterocycles. The summed E-state index contributed by atoms with van der Waals surface area (Å²) in [5.74, 6) is -1.04. The van der Waals surface area contributed by atoms with Gasteiger partial charge in [-0.1, -0.05) is 30.3 Å². The van der Waals surface area contributed by atoms with Crippen molar-refractivity contribution in [3.05, 3.63) is 70.3 Å². The van der Waals surface area contributed by atoms with Crippen LogP contribution < -0.4 is 0 Å². The highest BCUT2D eigenvalue weighted by molar-refractivity contribution is 5.90. The Morgan fingerprint density at radius 1 is 1.13 bits per heavy atom. The van der Waals surface area contributed by atoms with Gasteiger partial charge < -0.3 is 24.6 Å². The lowest BCUT2D eigenvalue weighted by Gasteiger charge is -2.45. The molecule has 2 heterocycles. The molecule has 0 bridgehead atoms. The van der Waals surface area contributed by atoms with Gasteiger partial charge in [0.1, 0.15) is 6.61 Å². The van der Waals surface area contributed by atoms with E-state index >= 15 is 0 Å². The Kier molecular flexibility index (Phi) is 5.74. The fourth-order valence-corrected chi connectivity index (χ4v) is 4.36. The lowest BCUT2D eigenvalue weighted by atomic mass is 9.78. The van der Waals surface area contributed by atoms with Crippen molar-refractivity contribution in [3.63, 3.8) is 0 Å². The number of rotatable bonds is 4. The number of carboxylic acid groups (broad SMARTS) is 1. The first-order valence-corrected chi connectivity index (χ1v) is 10.1. The van der Waals surface area contributed by atoms with E-state index in [0.717, 1.165) is 16.7 Å². The number of amides is 1. The van der Waals surface area contributed by atoms with E-state index in [2.05, 4.69) is 0 Å². The zero-order valence-electron chi connectivity index (χ0n) is 16.7. The van der Waals surface area contributed by atoms with Crippen molar-refractivity contribution in [1.82, 2.24) is 4.90 Å². The number of aromatic carboxylic acids is 1. The second-order valence-corrected chi connectivity index (χ2v) is 7.75. The standard InChI is InChI=1S/C23H25NO6/c25-14-18-13-20-17(12-19(18)21(26)27)6-11-30-23(20)7-9-24(10-8-23)22(28)29-15-16-4-2-1-3-5-16/h1-5,12-13,25H,6-11,14-15H2,(H,26,27). The third-order valence-corrected chi connectivity index (χ3v) is 6.00. The van der Waals surface area contributed by atoms with Gasteiger partial charge in [-0.2, -0.15) is 0 Å². The Hall–Kier alpha value is -2.90. The number of fused-ring (bicyclic) bond motifs is 2. The van der Waals surface area contributed by atoms with Crippen LogP contribution in [0.25, 0.3) is 0 Å². The number of hydrogen-bond donors (Lipinski definition) is 2. The average molecular weight is 411 g/mol. The third-order valence-electron chi connectivity index (χ3n) is 6.00. The fraction of sp³-hybridized carbons (Fsp3) is 0.391. The van der Waals surface area contributed by atoms with Gasteiger partial charge in [0, 0.05) is 13.1 Å². The van der Waals surface area contributed by atoms with E-state index in [0.29, 0.717) is 44.5 Å². The Labute approximate surface area is 174 Å². The molecule has 1 spiro atoms. The Bertz CT molecular complexity index is 934. The minimum atomic E-state index is -1.04. The van der Waals surface area contributed by atoms with Gasteiger partial charge in [-0.05, 0) is 53.6 Å². The normalized spacial score (nSPS) is 17.4. The molecule has 0 unspecified atom stereocenters. The lowest BCUT2D eigenvalue weighted by Crippen LogP contribution is -2.48. The maximum absolute atomic E-state index is 12.5. The highest BCUT2D eigenvalue weighted by Gasteiger charge is 2.42. The summed E-state index contributed by atoms with van der Waals surface area (Å²) < 4.78 is 11.6. The minimum Gasteiger partial charge on any atom is -0.478 e. The van der Waals surface area contributed by atoms with Crippen LogP contribution in [0.4, 0.5) is 4.79 Å². The van der Waals surface area contributed by atoms with Crippen molar-refractivity contribution in [1.29, 1.82) is 0 Å². The summed E-state index contributed by atoms with van der Waals surface area (Å²) in [7, 11) is 0. The summed E-state index contributed by atoms with van der Waals surface area (Å²) in [6.45, 7) is 1.37. The molecular weight excluding hydrogens is 386 g/mol. The smallest absolute Gasteiger partial charge is 0.410 e. The number of ether oxygens (including phenoxy) is 2. The van der Waals surface area contributed by atoms with Crippen LogP contribution in [0.3, 0.4) is 0 Å². The Morgan fingerprint density at radius 3 is 2.53 bits per heavy atom. The van der Waals surface area contributed by atoms with Gasteiger partial charge in [-0.3, -0.25) is 0 Å². The molecule has 0 atom stereocenters. The molecule has 158 valence electrons. The molecule has 1 fully saturated rings. The van der Waals surface area contributed by atoms with Crippen LogP contribution in [-0.2, 0) is 34.7 Å². The Morgan fingerprint density at radius 2 is 1.87 bits per heavy atom. The maximum atomic E-state index is 12.5. The Balaban J connectivity index is 1.47. The number of carbonyl (C=O) groups is 2. The van der Waals surface area contributed by atoms with Crippen LogP contribution in [0.2, 0.25) is 0 Å². The minimum absolute atomic E-state index is 0.134. The number of carbonyl (C=O) groups excluding carboxylic acids is 1. The van der Waals surface area contributed by atoms with Crippen LogP contribution in [0.5, 0.6) is 0 Å². The monoisotopic (exact) mass is 411 g/mol. The summed E-state index contributed by atoms with van der Waals surface area (Å²) >= 11 is 0. The molecule has 1 amide bonds. The number of carboxylic acids is 1. The number of nitrogens with zero attached hydrogens (tertiary/aromatic N) is 1. The van der Waals surface area contributed by atoms with E-state index < -0.39 is 11.6 Å². The van der Waals surface area contributed by atoms with Crippen LogP contribution >= 0.6 is 0 Å². The number of benzene rings is 2. The topological polar surface area (TPSA) is 96.3 Å². The second-order valence-electron chi connectivity index (χ2n) is 7.75. The molecule has 2 N–H and O–H groups in total. The van der Waals surface area contributed by atoms with Gasteiger partial charge >= 0.3 is 12.1 Å². The molecule has 2 aliphatic rings. The zero-order chi connectivity index (χ0) is 21.1. The van der Waals surface area contributed by atoms with Gasteiger partial charge in [0.15, 0.2) is 0 Å². The second kappa shape index (κ2) is 8.45. The molecule has 0 radical (unpaired) electrons. The molecule has 0 saturated carbocycles. The number of hydrogen-bond acceptors (Lipinski definition) is 5. The zero-order valence-corrected chi connectivity index (χ0v) is 16.7. The maximum Gasteiger partial charge on any atom is 0.410 e. The number of aliphatic hydroxyl groups is 1. The van der Waals surface area contributed by atoms with E-state index in [-0.39, 0.29) is 24.9 Å². The van der Waals surface area contributed by atoms with Gasteiger partial charge in [0.2, 0.25) is 0 Å². The molecule has 2 aromatic rings. The first-order chi connectivity index (χ1) is 14.5. The van der Waals surface area contributed by atoms with Gasteiger partial charge in [0.25, 0.3) is 0 Å². The fourth-order valence-electron chi connectivity index (χ4n) is 4.36. The van der Waals surface area contributed by atoms with Crippen LogP contribution in [0, 0.1) is 0 Å². The molecule has 30 heavy (non-hydrogen) atoms. The van der Waals surface area contributed by atoms with Gasteiger partial charge in [0.05, 0.1) is 24.4 Å². The van der Waals surface area contributed by atoms with Crippen molar-refractivity contribution >= 4 is 12.1 Å². The quantitative estimate of drug-likeness (QED) is 0.803. The highest BCUT2D eigenvalue weighted by atomic mass is 16.6. The molecule has 4 rings (SSSR count). The summed E-state index contributed by atoms with van der Waals surface area (Å²) in [5.41, 5.74) is 2.77. The molecule has 7 heteroatoms. The molecule has 0 aromatic heterocycles. The third kappa shape index (κ3) is 3.91. The number of likely N-dealkylation sites (tertiary alicyclic amines) is 1. The van der Waals surface area contributed by atoms with Crippen LogP contribution in [-0.4, -0.2) is 46.9 Å². The first-order valence-electron chi connectivity index (χ1n) is 10.1. The van der Waals surface area contributed by atoms with Crippen molar-refractivity contribution in [3.8, 4) is 0 Å². The lowest BCUT2D eigenvalue weighted by molar-refractivity contribution is -0.0956. The first kappa shape index (κ1) is 20.4. The predicted molar refractivity (Wildman–Crippen MR) is 108 cm³/mol. The van der Waals surface area contributed by atoms with E-state index in [1.165, 1.54) is 0 Å². The summed E-state index contributed by atoms with van der Waals surface area (Å²) in [6, 6.07) is 13.0. The van der Waals surface area contributed by atoms with Crippen molar-refractivity contribution in [2.45, 2.75) is 38.1 Å². The summed E-state index contributed by atoms with van der Waals surface area (Å²) in [6.07, 6.45) is 1.48. The molecular formula is C23H25NO6. The molecule has 7 nitrogen and oxygen atoms in total. The van der Waals surface area contributed by atoms with E-state index in [4.69, 9.17) is 9.47 Å². The molecule has 0 aliphatic carbocycles. The van der Waals surface area contributed by atoms with Crippen LogP contribution in [0.1, 0.15) is 45.5 Å². The van der Waals surface area contributed by atoms with Gasteiger partial charge in [-0.25, -0.2) is 9.59 Å².